The molecule has 20 heavy (non-hydrogen) atoms. The Labute approximate surface area is 134 Å². The van der Waals surface area contributed by atoms with Crippen LogP contribution in [0.4, 0.5) is 5.82 Å². The summed E-state index contributed by atoms with van der Waals surface area (Å²) < 4.78 is 2.99. The SMILES string of the molecule is CC(C)n1ncc2c1NC(=O)CS[C@@H]2c1ccc(Br)s1. The maximum Gasteiger partial charge on any atom is 0.235 e. The average molecular weight is 372 g/mol. The number of nitrogens with one attached hydrogen (secondary N) is 1. The van der Waals surface area contributed by atoms with Gasteiger partial charge in [-0.3, -0.25) is 4.79 Å². The zero-order valence-electron chi connectivity index (χ0n) is 11.1. The first kappa shape index (κ1) is 14.2. The van der Waals surface area contributed by atoms with Gasteiger partial charge in [0, 0.05) is 16.5 Å². The van der Waals surface area contributed by atoms with Gasteiger partial charge in [-0.1, -0.05) is 0 Å². The third-order valence-corrected chi connectivity index (χ3v) is 6.19. The summed E-state index contributed by atoms with van der Waals surface area (Å²) in [6.07, 6.45) is 1.88. The highest BCUT2D eigenvalue weighted by molar-refractivity contribution is 9.11. The molecule has 1 N–H and O–H groups in total. The highest BCUT2D eigenvalue weighted by atomic mass is 79.9. The van der Waals surface area contributed by atoms with E-state index in [-0.39, 0.29) is 17.2 Å². The van der Waals surface area contributed by atoms with E-state index < -0.39 is 0 Å². The Hall–Kier alpha value is -0.790. The first-order valence-corrected chi connectivity index (χ1v) is 8.96. The number of hydrogen-bond donors (Lipinski definition) is 1. The number of carbonyl (C=O) groups is 1. The molecule has 0 bridgehead atoms. The van der Waals surface area contributed by atoms with Crippen molar-refractivity contribution in [1.29, 1.82) is 0 Å². The highest BCUT2D eigenvalue weighted by Gasteiger charge is 2.29. The van der Waals surface area contributed by atoms with Gasteiger partial charge in [-0.15, -0.1) is 23.1 Å². The predicted molar refractivity (Wildman–Crippen MR) is 87.6 cm³/mol. The van der Waals surface area contributed by atoms with Gasteiger partial charge < -0.3 is 5.32 Å². The second kappa shape index (κ2) is 5.54. The summed E-state index contributed by atoms with van der Waals surface area (Å²) >= 11 is 6.86. The number of halogens is 1. The van der Waals surface area contributed by atoms with E-state index in [4.69, 9.17) is 0 Å². The predicted octanol–water partition coefficient (Wildman–Crippen LogP) is 4.06. The summed E-state index contributed by atoms with van der Waals surface area (Å²) in [7, 11) is 0. The quantitative estimate of drug-likeness (QED) is 0.865. The van der Waals surface area contributed by atoms with Gasteiger partial charge in [-0.05, 0) is 41.9 Å². The van der Waals surface area contributed by atoms with Crippen LogP contribution >= 0.6 is 39.0 Å². The first-order chi connectivity index (χ1) is 9.56. The zero-order chi connectivity index (χ0) is 14.3. The molecule has 4 nitrogen and oxygen atoms in total. The van der Waals surface area contributed by atoms with Crippen molar-refractivity contribution in [3.63, 3.8) is 0 Å². The van der Waals surface area contributed by atoms with Crippen molar-refractivity contribution in [3.8, 4) is 0 Å². The molecule has 1 aliphatic heterocycles. The summed E-state index contributed by atoms with van der Waals surface area (Å²) in [5.41, 5.74) is 1.09. The van der Waals surface area contributed by atoms with Crippen molar-refractivity contribution in [2.45, 2.75) is 25.1 Å². The molecular formula is C13H14BrN3OS2. The minimum atomic E-state index is 0.0387. The number of thiophene rings is 1. The molecule has 106 valence electrons. The van der Waals surface area contributed by atoms with Crippen LogP contribution in [0.1, 0.15) is 35.6 Å². The number of fused-ring (bicyclic) bond motifs is 1. The van der Waals surface area contributed by atoms with Crippen molar-refractivity contribution in [3.05, 3.63) is 32.6 Å². The Balaban J connectivity index is 2.08. The number of amides is 1. The number of rotatable bonds is 2. The molecule has 3 rings (SSSR count). The first-order valence-electron chi connectivity index (χ1n) is 6.30. The van der Waals surface area contributed by atoms with Crippen molar-refractivity contribution in [2.75, 3.05) is 11.1 Å². The normalized spacial score (nSPS) is 18.8. The summed E-state index contributed by atoms with van der Waals surface area (Å²) in [4.78, 5) is 13.2. The largest absolute Gasteiger partial charge is 0.310 e. The number of thioether (sulfide) groups is 1. The monoisotopic (exact) mass is 371 g/mol. The standard InChI is InChI=1S/C13H14BrN3OS2/c1-7(2)17-13-8(5-15-17)12(19-6-11(18)16-13)9-3-4-10(14)20-9/h3-5,7,12H,6H2,1-2H3,(H,16,18)/t12-/m0/s1. The third kappa shape index (κ3) is 2.54. The van der Waals surface area contributed by atoms with Gasteiger partial charge in [-0.25, -0.2) is 4.68 Å². The van der Waals surface area contributed by atoms with Gasteiger partial charge in [0.2, 0.25) is 5.91 Å². The molecule has 0 unspecified atom stereocenters. The summed E-state index contributed by atoms with van der Waals surface area (Å²) in [5.74, 6) is 1.34. The van der Waals surface area contributed by atoms with Gasteiger partial charge >= 0.3 is 0 Å². The van der Waals surface area contributed by atoms with Crippen molar-refractivity contribution >= 4 is 50.8 Å². The van der Waals surface area contributed by atoms with Crippen molar-refractivity contribution < 1.29 is 4.79 Å². The van der Waals surface area contributed by atoms with E-state index >= 15 is 0 Å². The molecule has 0 radical (unpaired) electrons. The van der Waals surface area contributed by atoms with Crippen LogP contribution in [0.2, 0.25) is 0 Å². The molecule has 3 heterocycles. The number of carbonyl (C=O) groups excluding carboxylic acids is 1. The minimum Gasteiger partial charge on any atom is -0.310 e. The minimum absolute atomic E-state index is 0.0387. The Bertz CT molecular complexity index is 650. The maximum atomic E-state index is 11.9. The molecule has 0 spiro atoms. The fourth-order valence-corrected chi connectivity index (χ4v) is 4.97. The number of nitrogens with zero attached hydrogens (tertiary/aromatic N) is 2. The topological polar surface area (TPSA) is 46.9 Å². The fraction of sp³-hybridized carbons (Fsp3) is 0.385. The summed E-state index contributed by atoms with van der Waals surface area (Å²) in [6.45, 7) is 4.13. The summed E-state index contributed by atoms with van der Waals surface area (Å²) in [6, 6.07) is 4.38. The molecule has 7 heteroatoms. The van der Waals surface area contributed by atoms with E-state index in [0.29, 0.717) is 5.75 Å². The van der Waals surface area contributed by atoms with Gasteiger partial charge in [0.15, 0.2) is 0 Å². The van der Waals surface area contributed by atoms with Gasteiger partial charge in [0.1, 0.15) is 5.82 Å². The van der Waals surface area contributed by atoms with E-state index in [1.54, 1.807) is 23.1 Å². The van der Waals surface area contributed by atoms with Gasteiger partial charge in [0.05, 0.1) is 21.0 Å². The Kier molecular flexibility index (Phi) is 3.92. The maximum absolute atomic E-state index is 11.9. The lowest BCUT2D eigenvalue weighted by Gasteiger charge is -2.13. The Morgan fingerprint density at radius 2 is 2.30 bits per heavy atom. The van der Waals surface area contributed by atoms with Crippen LogP contribution in [-0.4, -0.2) is 21.4 Å². The third-order valence-electron chi connectivity index (χ3n) is 3.09. The molecule has 0 aliphatic carbocycles. The molecule has 0 saturated heterocycles. The van der Waals surface area contributed by atoms with Crippen LogP contribution in [-0.2, 0) is 4.79 Å². The van der Waals surface area contributed by atoms with Crippen molar-refractivity contribution in [1.82, 2.24) is 9.78 Å². The van der Waals surface area contributed by atoms with Crippen LogP contribution in [0.3, 0.4) is 0 Å². The van der Waals surface area contributed by atoms with Gasteiger partial charge in [-0.2, -0.15) is 5.10 Å². The van der Waals surface area contributed by atoms with Crippen LogP contribution < -0.4 is 5.32 Å². The summed E-state index contributed by atoms with van der Waals surface area (Å²) in [5, 5.41) is 7.59. The van der Waals surface area contributed by atoms with E-state index in [1.165, 1.54) is 4.88 Å². The highest BCUT2D eigenvalue weighted by Crippen LogP contribution is 2.44. The molecule has 2 aromatic rings. The lowest BCUT2D eigenvalue weighted by Crippen LogP contribution is -2.17. The molecule has 1 amide bonds. The van der Waals surface area contributed by atoms with E-state index in [1.807, 2.05) is 16.9 Å². The van der Waals surface area contributed by atoms with Crippen LogP contribution in [0.5, 0.6) is 0 Å². The van der Waals surface area contributed by atoms with Crippen LogP contribution in [0.15, 0.2) is 22.1 Å². The number of anilines is 1. The van der Waals surface area contributed by atoms with E-state index in [0.717, 1.165) is 15.2 Å². The van der Waals surface area contributed by atoms with Crippen molar-refractivity contribution in [2.24, 2.45) is 0 Å². The fourth-order valence-electron chi connectivity index (χ4n) is 2.21. The second-order valence-electron chi connectivity index (χ2n) is 4.87. The molecule has 0 saturated carbocycles. The van der Waals surface area contributed by atoms with Gasteiger partial charge in [0.25, 0.3) is 0 Å². The molecule has 1 atom stereocenters. The molecular weight excluding hydrogens is 358 g/mol. The lowest BCUT2D eigenvalue weighted by molar-refractivity contribution is -0.113. The number of hydrogen-bond acceptors (Lipinski definition) is 4. The van der Waals surface area contributed by atoms with E-state index in [2.05, 4.69) is 46.3 Å². The molecule has 2 aromatic heterocycles. The Morgan fingerprint density at radius 1 is 1.50 bits per heavy atom. The molecule has 0 fully saturated rings. The lowest BCUT2D eigenvalue weighted by atomic mass is 10.2. The average Bonchev–Trinajstić information content (AvgIpc) is 2.94. The zero-order valence-corrected chi connectivity index (χ0v) is 14.3. The van der Waals surface area contributed by atoms with Crippen LogP contribution in [0, 0.1) is 0 Å². The number of aromatic nitrogens is 2. The van der Waals surface area contributed by atoms with E-state index in [9.17, 15) is 4.79 Å². The molecule has 1 aliphatic rings. The Morgan fingerprint density at radius 3 is 2.95 bits per heavy atom. The van der Waals surface area contributed by atoms with Crippen LogP contribution in [0.25, 0.3) is 0 Å². The smallest absolute Gasteiger partial charge is 0.235 e. The molecule has 0 aromatic carbocycles. The second-order valence-corrected chi connectivity index (χ2v) is 8.46.